The zero-order valence-corrected chi connectivity index (χ0v) is 14.7. The van der Waals surface area contributed by atoms with E-state index in [0.717, 1.165) is 29.5 Å². The lowest BCUT2D eigenvalue weighted by molar-refractivity contribution is 0.0705. The summed E-state index contributed by atoms with van der Waals surface area (Å²) < 4.78 is 47.1. The molecule has 0 saturated heterocycles. The van der Waals surface area contributed by atoms with Gasteiger partial charge in [-0.15, -0.1) is 5.10 Å². The fourth-order valence-corrected chi connectivity index (χ4v) is 3.08. The Balaban J connectivity index is 1.44. The van der Waals surface area contributed by atoms with Crippen LogP contribution in [0.15, 0.2) is 48.5 Å². The number of nitrogens with zero attached hydrogens (tertiary/aromatic N) is 3. The van der Waals surface area contributed by atoms with E-state index in [2.05, 4.69) is 5.10 Å². The highest BCUT2D eigenvalue weighted by atomic mass is 19.1. The Morgan fingerprint density at radius 3 is 2.39 bits per heavy atom. The van der Waals surface area contributed by atoms with Gasteiger partial charge in [-0.05, 0) is 29.8 Å². The van der Waals surface area contributed by atoms with E-state index in [4.69, 9.17) is 4.74 Å². The normalized spacial score (nSPS) is 13.3. The predicted molar refractivity (Wildman–Crippen MR) is 94.1 cm³/mol. The highest BCUT2D eigenvalue weighted by molar-refractivity contribution is 5.94. The molecule has 0 bridgehead atoms. The molecule has 0 saturated carbocycles. The average molecular weight is 387 g/mol. The van der Waals surface area contributed by atoms with Gasteiger partial charge in [-0.3, -0.25) is 9.48 Å². The number of ether oxygens (including phenoxy) is 1. The summed E-state index contributed by atoms with van der Waals surface area (Å²) in [5.41, 5.74) is 1.53. The van der Waals surface area contributed by atoms with Crippen LogP contribution in [0.4, 0.5) is 13.2 Å². The second-order valence-electron chi connectivity index (χ2n) is 6.50. The highest BCUT2D eigenvalue weighted by Gasteiger charge is 2.24. The molecule has 4 rings (SSSR count). The Morgan fingerprint density at radius 1 is 0.964 bits per heavy atom. The quantitative estimate of drug-likeness (QED) is 0.688. The molecule has 1 aliphatic heterocycles. The van der Waals surface area contributed by atoms with Crippen molar-refractivity contribution < 1.29 is 22.7 Å². The number of aromatic nitrogens is 2. The number of hydrogen-bond acceptors (Lipinski definition) is 3. The van der Waals surface area contributed by atoms with E-state index in [1.54, 1.807) is 22.9 Å². The van der Waals surface area contributed by atoms with E-state index in [1.165, 1.54) is 17.0 Å². The lowest BCUT2D eigenvalue weighted by Gasteiger charge is -2.27. The molecule has 0 aliphatic carbocycles. The molecule has 5 nitrogen and oxygen atoms in total. The van der Waals surface area contributed by atoms with E-state index < -0.39 is 17.5 Å². The molecule has 8 heteroatoms. The van der Waals surface area contributed by atoms with Crippen LogP contribution in [0, 0.1) is 17.5 Å². The molecule has 1 amide bonds. The van der Waals surface area contributed by atoms with Crippen LogP contribution in [0.2, 0.25) is 0 Å². The largest absolute Gasteiger partial charge is 0.472 e. The van der Waals surface area contributed by atoms with Gasteiger partial charge in [-0.2, -0.15) is 0 Å². The van der Waals surface area contributed by atoms with E-state index >= 15 is 0 Å². The number of hydrogen-bond donors (Lipinski definition) is 0. The molecule has 1 aromatic heterocycles. The van der Waals surface area contributed by atoms with E-state index in [1.807, 2.05) is 0 Å². The van der Waals surface area contributed by atoms with Gasteiger partial charge in [0.05, 0.1) is 18.8 Å². The van der Waals surface area contributed by atoms with Crippen LogP contribution < -0.4 is 4.74 Å². The first-order chi connectivity index (χ1) is 13.5. The zero-order chi connectivity index (χ0) is 19.7. The summed E-state index contributed by atoms with van der Waals surface area (Å²) in [6, 6.07) is 10.5. The second kappa shape index (κ2) is 7.38. The van der Waals surface area contributed by atoms with Crippen molar-refractivity contribution in [2.75, 3.05) is 6.54 Å². The molecule has 0 fully saturated rings. The third kappa shape index (κ3) is 3.85. The predicted octanol–water partition coefficient (Wildman–Crippen LogP) is 3.54. The maximum Gasteiger partial charge on any atom is 0.254 e. The summed E-state index contributed by atoms with van der Waals surface area (Å²) in [4.78, 5) is 14.1. The number of benzene rings is 2. The SMILES string of the molecule is O=C(c1cc(F)cc(F)c1)N1CCn2nc(OCc3ccc(F)cc3)cc2C1. The first-order valence-electron chi connectivity index (χ1n) is 8.67. The molecule has 1 aliphatic rings. The minimum atomic E-state index is -0.790. The monoisotopic (exact) mass is 387 g/mol. The Labute approximate surface area is 159 Å². The van der Waals surface area contributed by atoms with Crippen molar-refractivity contribution >= 4 is 5.91 Å². The number of rotatable bonds is 4. The van der Waals surface area contributed by atoms with Crippen molar-refractivity contribution in [2.24, 2.45) is 0 Å². The molecule has 0 N–H and O–H groups in total. The summed E-state index contributed by atoms with van der Waals surface area (Å²) in [6.45, 7) is 1.30. The molecule has 144 valence electrons. The Morgan fingerprint density at radius 2 is 1.68 bits per heavy atom. The fourth-order valence-electron chi connectivity index (χ4n) is 3.08. The minimum Gasteiger partial charge on any atom is -0.472 e. The number of fused-ring (bicyclic) bond motifs is 1. The van der Waals surface area contributed by atoms with Crippen molar-refractivity contribution in [3.63, 3.8) is 0 Å². The van der Waals surface area contributed by atoms with E-state index in [9.17, 15) is 18.0 Å². The average Bonchev–Trinajstić information content (AvgIpc) is 3.08. The zero-order valence-electron chi connectivity index (χ0n) is 14.7. The Bertz CT molecular complexity index is 998. The number of halogens is 3. The first-order valence-corrected chi connectivity index (χ1v) is 8.67. The molecule has 3 aromatic rings. The van der Waals surface area contributed by atoms with E-state index in [0.29, 0.717) is 19.0 Å². The lowest BCUT2D eigenvalue weighted by Crippen LogP contribution is -2.38. The summed E-state index contributed by atoms with van der Waals surface area (Å²) in [5.74, 6) is -1.95. The Kier molecular flexibility index (Phi) is 4.77. The van der Waals surface area contributed by atoms with Crippen LogP contribution in [-0.2, 0) is 19.7 Å². The van der Waals surface area contributed by atoms with Gasteiger partial charge in [0.2, 0.25) is 5.88 Å². The molecule has 2 heterocycles. The van der Waals surface area contributed by atoms with Crippen LogP contribution in [0.3, 0.4) is 0 Å². The maximum absolute atomic E-state index is 13.4. The van der Waals surface area contributed by atoms with Gasteiger partial charge in [0.25, 0.3) is 5.91 Å². The molecule has 0 spiro atoms. The van der Waals surface area contributed by atoms with Gasteiger partial charge < -0.3 is 9.64 Å². The van der Waals surface area contributed by atoms with Gasteiger partial charge in [0.15, 0.2) is 0 Å². The molecule has 2 aromatic carbocycles. The van der Waals surface area contributed by atoms with Crippen LogP contribution in [0.25, 0.3) is 0 Å². The smallest absolute Gasteiger partial charge is 0.254 e. The summed E-state index contributed by atoms with van der Waals surface area (Å²) in [5, 5.41) is 4.34. The topological polar surface area (TPSA) is 47.4 Å². The van der Waals surface area contributed by atoms with E-state index in [-0.39, 0.29) is 24.5 Å². The Hall–Kier alpha value is -3.29. The van der Waals surface area contributed by atoms with Crippen LogP contribution >= 0.6 is 0 Å². The highest BCUT2D eigenvalue weighted by Crippen LogP contribution is 2.21. The van der Waals surface area contributed by atoms with Crippen LogP contribution in [0.5, 0.6) is 5.88 Å². The van der Waals surface area contributed by atoms with Gasteiger partial charge in [-0.25, -0.2) is 13.2 Å². The van der Waals surface area contributed by atoms with Gasteiger partial charge >= 0.3 is 0 Å². The first kappa shape index (κ1) is 18.1. The third-order valence-corrected chi connectivity index (χ3v) is 4.47. The lowest BCUT2D eigenvalue weighted by atomic mass is 10.1. The maximum atomic E-state index is 13.4. The standard InChI is InChI=1S/C20H16F3N3O2/c21-15-3-1-13(2-4-15)12-28-19-10-18-11-25(5-6-26(18)24-19)20(27)14-7-16(22)9-17(23)8-14/h1-4,7-10H,5-6,11-12H2. The van der Waals surface area contributed by atoms with Crippen molar-refractivity contribution in [3.05, 3.63) is 82.8 Å². The molecular formula is C20H16F3N3O2. The fraction of sp³-hybridized carbons (Fsp3) is 0.200. The summed E-state index contributed by atoms with van der Waals surface area (Å²) in [7, 11) is 0. The van der Waals surface area contributed by atoms with Crippen molar-refractivity contribution in [2.45, 2.75) is 19.7 Å². The third-order valence-electron chi connectivity index (χ3n) is 4.47. The van der Waals surface area contributed by atoms with Crippen molar-refractivity contribution in [1.82, 2.24) is 14.7 Å². The second-order valence-corrected chi connectivity index (χ2v) is 6.50. The number of amides is 1. The minimum absolute atomic E-state index is 0.0294. The van der Waals surface area contributed by atoms with Gasteiger partial charge in [-0.1, -0.05) is 12.1 Å². The van der Waals surface area contributed by atoms with Crippen molar-refractivity contribution in [1.29, 1.82) is 0 Å². The molecular weight excluding hydrogens is 371 g/mol. The molecule has 0 radical (unpaired) electrons. The molecule has 28 heavy (non-hydrogen) atoms. The molecule has 0 atom stereocenters. The molecule has 0 unspecified atom stereocenters. The van der Waals surface area contributed by atoms with Crippen molar-refractivity contribution in [3.8, 4) is 5.88 Å². The summed E-state index contributed by atoms with van der Waals surface area (Å²) >= 11 is 0. The van der Waals surface area contributed by atoms with Gasteiger partial charge in [0, 0.05) is 24.2 Å². The number of carbonyl (C=O) groups is 1. The summed E-state index contributed by atoms with van der Waals surface area (Å²) in [6.07, 6.45) is 0. The van der Waals surface area contributed by atoms with Crippen LogP contribution in [0.1, 0.15) is 21.6 Å². The number of carbonyl (C=O) groups excluding carboxylic acids is 1. The van der Waals surface area contributed by atoms with Gasteiger partial charge in [0.1, 0.15) is 24.1 Å². The van der Waals surface area contributed by atoms with Crippen LogP contribution in [-0.4, -0.2) is 27.1 Å².